The molecule has 2 aromatic heterocycles. The highest BCUT2D eigenvalue weighted by atomic mass is 32.1. The number of phenols is 1. The van der Waals surface area contributed by atoms with Crippen molar-refractivity contribution in [2.45, 2.75) is 6.54 Å². The molecule has 0 atom stereocenters. The number of hydrogen-bond donors (Lipinski definition) is 3. The summed E-state index contributed by atoms with van der Waals surface area (Å²) in [5.41, 5.74) is 2.72. The molecule has 31 heavy (non-hydrogen) atoms. The zero-order valence-corrected chi connectivity index (χ0v) is 17.7. The number of H-pyrrole nitrogens is 1. The van der Waals surface area contributed by atoms with E-state index in [-0.39, 0.29) is 29.5 Å². The topological polar surface area (TPSA) is 104 Å². The third-order valence-corrected chi connectivity index (χ3v) is 5.59. The number of nitrogens with one attached hydrogen (secondary N) is 1. The summed E-state index contributed by atoms with van der Waals surface area (Å²) in [4.78, 5) is 19.2. The number of rotatable bonds is 6. The van der Waals surface area contributed by atoms with Crippen LogP contribution in [0, 0.1) is 0 Å². The molecule has 158 valence electrons. The van der Waals surface area contributed by atoms with E-state index in [0.29, 0.717) is 27.6 Å². The highest BCUT2D eigenvalue weighted by molar-refractivity contribution is 7.08. The van der Waals surface area contributed by atoms with Gasteiger partial charge >= 0.3 is 0 Å². The molecule has 0 amide bonds. The molecule has 0 fully saturated rings. The maximum atomic E-state index is 12.3. The van der Waals surface area contributed by atoms with Crippen molar-refractivity contribution in [1.82, 2.24) is 4.98 Å². The summed E-state index contributed by atoms with van der Waals surface area (Å²) < 4.78 is 10.4. The Morgan fingerprint density at radius 2 is 1.90 bits per heavy atom. The molecule has 2 aromatic carbocycles. The van der Waals surface area contributed by atoms with Crippen LogP contribution in [0.4, 0.5) is 0 Å². The normalized spacial score (nSPS) is 11.3. The molecule has 4 aromatic rings. The first-order valence-corrected chi connectivity index (χ1v) is 10.3. The number of benzene rings is 2. The Kier molecular flexibility index (Phi) is 5.64. The van der Waals surface area contributed by atoms with E-state index in [1.165, 1.54) is 26.5 Å². The molecule has 8 heteroatoms. The molecule has 7 nitrogen and oxygen atoms in total. The van der Waals surface area contributed by atoms with E-state index < -0.39 is 0 Å². The molecule has 0 aliphatic rings. The molecule has 0 radical (unpaired) electrons. The van der Waals surface area contributed by atoms with Gasteiger partial charge in [0.05, 0.1) is 26.3 Å². The van der Waals surface area contributed by atoms with Crippen molar-refractivity contribution in [3.05, 3.63) is 68.6 Å². The predicted molar refractivity (Wildman–Crippen MR) is 122 cm³/mol. The molecular weight excluding hydrogens is 416 g/mol. The van der Waals surface area contributed by atoms with Crippen LogP contribution in [0.1, 0.15) is 11.1 Å². The van der Waals surface area contributed by atoms with Gasteiger partial charge < -0.3 is 19.7 Å². The Labute approximate surface area is 181 Å². The fourth-order valence-corrected chi connectivity index (χ4v) is 4.07. The van der Waals surface area contributed by atoms with Crippen LogP contribution in [0.5, 0.6) is 23.1 Å². The van der Waals surface area contributed by atoms with Crippen LogP contribution < -0.4 is 15.0 Å². The van der Waals surface area contributed by atoms with Gasteiger partial charge in [-0.15, -0.1) is 0 Å². The second kappa shape index (κ2) is 8.53. The standard InChI is InChI=1S/C23H20N2O5S/c1-29-20-8-13(7-19(26)21(20)30-2)10-24-11-18-17-9-14(15-5-6-31-12-15)3-4-16(17)22(27)25-23(18)28/h3-9,11-12,26H,10H2,1-2H3,(H2,25,27,28). The van der Waals surface area contributed by atoms with Gasteiger partial charge in [0, 0.05) is 17.0 Å². The summed E-state index contributed by atoms with van der Waals surface area (Å²) in [5.74, 6) is 0.342. The number of pyridine rings is 1. The largest absolute Gasteiger partial charge is 0.504 e. The van der Waals surface area contributed by atoms with Gasteiger partial charge in [-0.2, -0.15) is 11.3 Å². The third-order valence-electron chi connectivity index (χ3n) is 4.91. The summed E-state index contributed by atoms with van der Waals surface area (Å²) in [6, 6.07) is 10.7. The summed E-state index contributed by atoms with van der Waals surface area (Å²) in [7, 11) is 2.93. The monoisotopic (exact) mass is 436 g/mol. The van der Waals surface area contributed by atoms with Gasteiger partial charge in [-0.05, 0) is 57.8 Å². The van der Waals surface area contributed by atoms with E-state index in [0.717, 1.165) is 11.1 Å². The lowest BCUT2D eigenvalue weighted by atomic mass is 10.0. The molecule has 0 saturated carbocycles. The van der Waals surface area contributed by atoms with E-state index in [9.17, 15) is 15.0 Å². The van der Waals surface area contributed by atoms with Crippen molar-refractivity contribution in [1.29, 1.82) is 0 Å². The minimum absolute atomic E-state index is 0.0511. The fourth-order valence-electron chi connectivity index (χ4n) is 3.41. The van der Waals surface area contributed by atoms with Crippen LogP contribution in [0.3, 0.4) is 0 Å². The minimum Gasteiger partial charge on any atom is -0.504 e. The number of hydrogen-bond acceptors (Lipinski definition) is 7. The smallest absolute Gasteiger partial charge is 0.258 e. The molecular formula is C23H20N2O5S. The molecule has 0 spiro atoms. The SMILES string of the molecule is COc1cc(CN=Cc2c(O)[nH]c(=O)c3ccc(-c4ccsc4)cc23)cc(O)c1OC. The van der Waals surface area contributed by atoms with Gasteiger partial charge in [-0.3, -0.25) is 14.8 Å². The van der Waals surface area contributed by atoms with Crippen molar-refractivity contribution in [2.24, 2.45) is 4.99 Å². The van der Waals surface area contributed by atoms with E-state index in [2.05, 4.69) is 9.98 Å². The van der Waals surface area contributed by atoms with Gasteiger partial charge in [0.1, 0.15) is 0 Å². The summed E-state index contributed by atoms with van der Waals surface area (Å²) in [6.07, 6.45) is 1.51. The van der Waals surface area contributed by atoms with Crippen LogP contribution in [-0.2, 0) is 6.54 Å². The molecule has 0 aliphatic heterocycles. The van der Waals surface area contributed by atoms with Gasteiger partial charge in [0.25, 0.3) is 5.56 Å². The number of aliphatic imine (C=N–C) groups is 1. The highest BCUT2D eigenvalue weighted by Gasteiger charge is 2.13. The first-order chi connectivity index (χ1) is 15.0. The van der Waals surface area contributed by atoms with Crippen molar-refractivity contribution < 1.29 is 19.7 Å². The highest BCUT2D eigenvalue weighted by Crippen LogP contribution is 2.37. The number of nitrogens with zero attached hydrogens (tertiary/aromatic N) is 1. The molecule has 3 N–H and O–H groups in total. The number of fused-ring (bicyclic) bond motifs is 1. The van der Waals surface area contributed by atoms with Crippen molar-refractivity contribution in [3.63, 3.8) is 0 Å². The lowest BCUT2D eigenvalue weighted by molar-refractivity contribution is 0.332. The Hall–Kier alpha value is -3.78. The average Bonchev–Trinajstić information content (AvgIpc) is 3.30. The first-order valence-electron chi connectivity index (χ1n) is 9.37. The lowest BCUT2D eigenvalue weighted by Gasteiger charge is -2.11. The quantitative estimate of drug-likeness (QED) is 0.391. The van der Waals surface area contributed by atoms with Crippen LogP contribution >= 0.6 is 11.3 Å². The third kappa shape index (κ3) is 3.97. The van der Waals surface area contributed by atoms with Gasteiger partial charge in [-0.25, -0.2) is 0 Å². The van der Waals surface area contributed by atoms with Crippen molar-refractivity contribution >= 4 is 28.3 Å². The summed E-state index contributed by atoms with van der Waals surface area (Å²) in [5, 5.41) is 25.6. The van der Waals surface area contributed by atoms with E-state index in [1.54, 1.807) is 23.5 Å². The number of phenolic OH excluding ortho intramolecular Hbond substituents is 1. The molecule has 0 saturated heterocycles. The number of thiophene rings is 1. The lowest BCUT2D eigenvalue weighted by Crippen LogP contribution is -2.08. The second-order valence-corrected chi connectivity index (χ2v) is 7.59. The van der Waals surface area contributed by atoms with Crippen molar-refractivity contribution in [2.75, 3.05) is 14.2 Å². The Morgan fingerprint density at radius 3 is 2.61 bits per heavy atom. The van der Waals surface area contributed by atoms with Crippen LogP contribution in [0.15, 0.2) is 56.9 Å². The molecule has 0 bridgehead atoms. The second-order valence-electron chi connectivity index (χ2n) is 6.81. The first kappa shape index (κ1) is 20.5. The molecule has 2 heterocycles. The van der Waals surface area contributed by atoms with E-state index in [4.69, 9.17) is 9.47 Å². The number of methoxy groups -OCH3 is 2. The van der Waals surface area contributed by atoms with Crippen LogP contribution in [-0.4, -0.2) is 35.6 Å². The fraction of sp³-hybridized carbons (Fsp3) is 0.130. The molecule has 0 aliphatic carbocycles. The predicted octanol–water partition coefficient (Wildman–Crippen LogP) is 4.30. The van der Waals surface area contributed by atoms with Crippen LogP contribution in [0.25, 0.3) is 21.9 Å². The summed E-state index contributed by atoms with van der Waals surface area (Å²) >= 11 is 1.59. The Morgan fingerprint density at radius 1 is 1.06 bits per heavy atom. The maximum Gasteiger partial charge on any atom is 0.258 e. The Bertz CT molecular complexity index is 1330. The average molecular weight is 436 g/mol. The zero-order chi connectivity index (χ0) is 22.0. The van der Waals surface area contributed by atoms with E-state index >= 15 is 0 Å². The number of aromatic hydroxyl groups is 2. The van der Waals surface area contributed by atoms with Gasteiger partial charge in [0.15, 0.2) is 11.5 Å². The van der Waals surface area contributed by atoms with Crippen LogP contribution in [0.2, 0.25) is 0 Å². The van der Waals surface area contributed by atoms with Crippen molar-refractivity contribution in [3.8, 4) is 34.3 Å². The Balaban J connectivity index is 1.72. The number of aromatic amines is 1. The zero-order valence-electron chi connectivity index (χ0n) is 16.9. The number of ether oxygens (including phenoxy) is 2. The van der Waals surface area contributed by atoms with Gasteiger partial charge in [-0.1, -0.05) is 6.07 Å². The van der Waals surface area contributed by atoms with E-state index in [1.807, 2.05) is 29.0 Å². The maximum absolute atomic E-state index is 12.3. The minimum atomic E-state index is -0.369. The van der Waals surface area contributed by atoms with Gasteiger partial charge in [0.2, 0.25) is 11.6 Å². The molecule has 0 unspecified atom stereocenters. The summed E-state index contributed by atoms with van der Waals surface area (Å²) in [6.45, 7) is 0.220. The number of aromatic nitrogens is 1. The molecule has 4 rings (SSSR count).